The Morgan fingerprint density at radius 2 is 1.77 bits per heavy atom. The summed E-state index contributed by atoms with van der Waals surface area (Å²) < 4.78 is 5.78. The lowest BCUT2D eigenvalue weighted by atomic mass is 10.1. The maximum atomic E-state index is 12.5. The van der Waals surface area contributed by atoms with E-state index in [1.807, 2.05) is 30.3 Å². The van der Waals surface area contributed by atoms with Gasteiger partial charge in [0.15, 0.2) is 0 Å². The van der Waals surface area contributed by atoms with E-state index in [0.717, 1.165) is 5.56 Å². The molecule has 3 amide bonds. The van der Waals surface area contributed by atoms with Crippen LogP contribution in [0.1, 0.15) is 24.5 Å². The van der Waals surface area contributed by atoms with Crippen molar-refractivity contribution in [2.24, 2.45) is 0 Å². The molecule has 0 bridgehead atoms. The molecular formula is C22H24ClN3O4. The fourth-order valence-electron chi connectivity index (χ4n) is 3.17. The first-order chi connectivity index (χ1) is 14.5. The van der Waals surface area contributed by atoms with Gasteiger partial charge in [-0.3, -0.25) is 14.4 Å². The second kappa shape index (κ2) is 10.8. The zero-order chi connectivity index (χ0) is 21.3. The number of rotatable bonds is 6. The number of carbonyl (C=O) groups is 3. The molecule has 1 fully saturated rings. The average Bonchev–Trinajstić information content (AvgIpc) is 2.78. The number of nitrogens with zero attached hydrogens (tertiary/aromatic N) is 1. The lowest BCUT2D eigenvalue weighted by molar-refractivity contribution is -0.139. The predicted octanol–water partition coefficient (Wildman–Crippen LogP) is 2.77. The summed E-state index contributed by atoms with van der Waals surface area (Å²) in [5, 5.41) is 5.34. The molecule has 2 aromatic carbocycles. The number of benzene rings is 2. The molecule has 158 valence electrons. The molecule has 7 nitrogen and oxygen atoms in total. The van der Waals surface area contributed by atoms with Gasteiger partial charge in [-0.05, 0) is 24.1 Å². The van der Waals surface area contributed by atoms with E-state index in [9.17, 15) is 14.4 Å². The van der Waals surface area contributed by atoms with Crippen LogP contribution in [0.5, 0.6) is 0 Å². The molecule has 0 spiro atoms. The summed E-state index contributed by atoms with van der Waals surface area (Å²) in [6.07, 6.45) is 0.600. The second-order valence-corrected chi connectivity index (χ2v) is 7.31. The molecule has 1 saturated heterocycles. The monoisotopic (exact) mass is 429 g/mol. The topological polar surface area (TPSA) is 87.7 Å². The van der Waals surface area contributed by atoms with E-state index in [2.05, 4.69) is 10.6 Å². The standard InChI is InChI=1S/C22H24ClN3O4/c23-17-9-4-5-10-18(17)25-22(29)21(28)24-12-6-11-20(27)26-13-14-30-19(15-26)16-7-2-1-3-8-16/h1-5,7-10,19H,6,11-15H2,(H,24,28)(H,25,29). The molecule has 1 aliphatic rings. The normalized spacial score (nSPS) is 16.0. The van der Waals surface area contributed by atoms with E-state index < -0.39 is 11.8 Å². The summed E-state index contributed by atoms with van der Waals surface area (Å²) in [4.78, 5) is 38.1. The Kier molecular flexibility index (Phi) is 7.82. The minimum absolute atomic E-state index is 0.00833. The molecule has 2 N–H and O–H groups in total. The van der Waals surface area contributed by atoms with Gasteiger partial charge in [-0.2, -0.15) is 0 Å². The Bertz CT molecular complexity index is 891. The first-order valence-corrected chi connectivity index (χ1v) is 10.2. The number of para-hydroxylation sites is 1. The number of morpholine rings is 1. The summed E-state index contributed by atoms with van der Waals surface area (Å²) in [6, 6.07) is 16.5. The summed E-state index contributed by atoms with van der Waals surface area (Å²) in [5.74, 6) is -1.56. The van der Waals surface area contributed by atoms with Crippen LogP contribution in [-0.4, -0.2) is 48.9 Å². The van der Waals surface area contributed by atoms with Gasteiger partial charge < -0.3 is 20.3 Å². The second-order valence-electron chi connectivity index (χ2n) is 6.90. The third-order valence-electron chi connectivity index (χ3n) is 4.77. The van der Waals surface area contributed by atoms with Gasteiger partial charge >= 0.3 is 11.8 Å². The molecular weight excluding hydrogens is 406 g/mol. The van der Waals surface area contributed by atoms with Crippen molar-refractivity contribution >= 4 is 35.0 Å². The van der Waals surface area contributed by atoms with Crippen molar-refractivity contribution in [2.75, 3.05) is 31.6 Å². The van der Waals surface area contributed by atoms with Crippen LogP contribution in [0.4, 0.5) is 5.69 Å². The number of ether oxygens (including phenoxy) is 1. The van der Waals surface area contributed by atoms with Crippen LogP contribution < -0.4 is 10.6 Å². The van der Waals surface area contributed by atoms with Gasteiger partial charge in [-0.25, -0.2) is 0 Å². The van der Waals surface area contributed by atoms with Crippen molar-refractivity contribution in [1.29, 1.82) is 0 Å². The van der Waals surface area contributed by atoms with Gasteiger partial charge in [0.05, 0.1) is 23.9 Å². The van der Waals surface area contributed by atoms with Gasteiger partial charge in [-0.1, -0.05) is 54.1 Å². The molecule has 30 heavy (non-hydrogen) atoms. The van der Waals surface area contributed by atoms with Gasteiger partial charge in [-0.15, -0.1) is 0 Å². The number of hydrogen-bond donors (Lipinski definition) is 2. The van der Waals surface area contributed by atoms with E-state index in [4.69, 9.17) is 16.3 Å². The zero-order valence-electron chi connectivity index (χ0n) is 16.5. The van der Waals surface area contributed by atoms with E-state index in [1.54, 1.807) is 29.2 Å². The smallest absolute Gasteiger partial charge is 0.313 e. The minimum Gasteiger partial charge on any atom is -0.370 e. The first-order valence-electron chi connectivity index (χ1n) is 9.82. The minimum atomic E-state index is -0.798. The van der Waals surface area contributed by atoms with Crippen molar-refractivity contribution in [3.8, 4) is 0 Å². The highest BCUT2D eigenvalue weighted by molar-refractivity contribution is 6.41. The van der Waals surface area contributed by atoms with E-state index in [1.165, 1.54) is 0 Å². The largest absolute Gasteiger partial charge is 0.370 e. The Hall–Kier alpha value is -2.90. The first kappa shape index (κ1) is 21.8. The highest BCUT2D eigenvalue weighted by Gasteiger charge is 2.25. The summed E-state index contributed by atoms with van der Waals surface area (Å²) in [7, 11) is 0. The molecule has 0 saturated carbocycles. The SMILES string of the molecule is O=C(NCCCC(=O)N1CCOC(c2ccccc2)C1)C(=O)Nc1ccccc1Cl. The third-order valence-corrected chi connectivity index (χ3v) is 5.10. The molecule has 1 heterocycles. The summed E-state index contributed by atoms with van der Waals surface area (Å²) >= 11 is 5.96. The van der Waals surface area contributed by atoms with Crippen molar-refractivity contribution < 1.29 is 19.1 Å². The van der Waals surface area contributed by atoms with Crippen LogP contribution in [0.3, 0.4) is 0 Å². The van der Waals surface area contributed by atoms with Gasteiger partial charge in [0, 0.05) is 19.5 Å². The van der Waals surface area contributed by atoms with Crippen LogP contribution in [-0.2, 0) is 19.1 Å². The summed E-state index contributed by atoms with van der Waals surface area (Å²) in [6.45, 7) is 1.78. The van der Waals surface area contributed by atoms with Crippen molar-refractivity contribution in [1.82, 2.24) is 10.2 Å². The quantitative estimate of drug-likeness (QED) is 0.546. The van der Waals surface area contributed by atoms with Crippen LogP contribution in [0, 0.1) is 0 Å². The Labute approximate surface area is 180 Å². The molecule has 1 unspecified atom stereocenters. The molecule has 1 atom stereocenters. The Balaban J connectivity index is 1.38. The molecule has 2 aromatic rings. The van der Waals surface area contributed by atoms with Gasteiger partial charge in [0.2, 0.25) is 5.91 Å². The highest BCUT2D eigenvalue weighted by Crippen LogP contribution is 2.22. The Morgan fingerprint density at radius 1 is 1.03 bits per heavy atom. The lowest BCUT2D eigenvalue weighted by Gasteiger charge is -2.33. The number of amides is 3. The number of halogens is 1. The third kappa shape index (κ3) is 6.05. The van der Waals surface area contributed by atoms with Crippen LogP contribution in [0.15, 0.2) is 54.6 Å². The molecule has 1 aliphatic heterocycles. The average molecular weight is 430 g/mol. The zero-order valence-corrected chi connectivity index (χ0v) is 17.2. The fraction of sp³-hybridized carbons (Fsp3) is 0.318. The molecule has 8 heteroatoms. The van der Waals surface area contributed by atoms with Crippen molar-refractivity contribution in [3.63, 3.8) is 0 Å². The fourth-order valence-corrected chi connectivity index (χ4v) is 3.35. The maximum absolute atomic E-state index is 12.5. The van der Waals surface area contributed by atoms with E-state index in [0.29, 0.717) is 36.8 Å². The Morgan fingerprint density at radius 3 is 2.53 bits per heavy atom. The molecule has 3 rings (SSSR count). The molecule has 0 radical (unpaired) electrons. The number of nitrogens with one attached hydrogen (secondary N) is 2. The van der Waals surface area contributed by atoms with Crippen LogP contribution in [0.25, 0.3) is 0 Å². The number of anilines is 1. The number of hydrogen-bond acceptors (Lipinski definition) is 4. The van der Waals surface area contributed by atoms with Gasteiger partial charge in [0.25, 0.3) is 0 Å². The summed E-state index contributed by atoms with van der Waals surface area (Å²) in [5.41, 5.74) is 1.42. The highest BCUT2D eigenvalue weighted by atomic mass is 35.5. The van der Waals surface area contributed by atoms with Gasteiger partial charge in [0.1, 0.15) is 6.10 Å². The number of carbonyl (C=O) groups excluding carboxylic acids is 3. The van der Waals surface area contributed by atoms with Crippen molar-refractivity contribution in [3.05, 3.63) is 65.2 Å². The lowest BCUT2D eigenvalue weighted by Crippen LogP contribution is -2.42. The maximum Gasteiger partial charge on any atom is 0.313 e. The van der Waals surface area contributed by atoms with E-state index >= 15 is 0 Å². The van der Waals surface area contributed by atoms with Crippen molar-refractivity contribution in [2.45, 2.75) is 18.9 Å². The van der Waals surface area contributed by atoms with Crippen LogP contribution in [0.2, 0.25) is 5.02 Å². The molecule has 0 aromatic heterocycles. The van der Waals surface area contributed by atoms with Crippen LogP contribution >= 0.6 is 11.6 Å². The molecule has 0 aliphatic carbocycles. The predicted molar refractivity (Wildman–Crippen MR) is 114 cm³/mol. The van der Waals surface area contributed by atoms with E-state index in [-0.39, 0.29) is 25.0 Å².